The van der Waals surface area contributed by atoms with E-state index in [2.05, 4.69) is 0 Å². The number of rotatable bonds is 5. The van der Waals surface area contributed by atoms with Crippen LogP contribution in [0.25, 0.3) is 11.1 Å². The van der Waals surface area contributed by atoms with Crippen LogP contribution in [0.1, 0.15) is 59.0 Å². The molecule has 0 heterocycles. The Balaban J connectivity index is 2.28. The summed E-state index contributed by atoms with van der Waals surface area (Å²) in [6.45, 7) is 3.31. The highest BCUT2D eigenvalue weighted by Crippen LogP contribution is 2.44. The van der Waals surface area contributed by atoms with Crippen LogP contribution in [0.15, 0.2) is 18.2 Å². The first kappa shape index (κ1) is 21.2. The molecule has 1 fully saturated rings. The fourth-order valence-corrected chi connectivity index (χ4v) is 3.74. The molecule has 0 spiro atoms. The van der Waals surface area contributed by atoms with Crippen molar-refractivity contribution in [2.75, 3.05) is 0 Å². The Morgan fingerprint density at radius 1 is 1.14 bits per heavy atom. The molecule has 0 bridgehead atoms. The monoisotopic (exact) mass is 413 g/mol. The Kier molecular flexibility index (Phi) is 5.42. The molecule has 156 valence electrons. The molecule has 2 aromatic carbocycles. The van der Waals surface area contributed by atoms with Gasteiger partial charge in [0.05, 0.1) is 12.0 Å². The Bertz CT molecular complexity index is 957. The molecular weight excluding hydrogens is 393 g/mol. The molecule has 1 atom stereocenters. The summed E-state index contributed by atoms with van der Waals surface area (Å²) in [5, 5.41) is 8.87. The molecule has 8 heteroatoms. The first-order chi connectivity index (χ1) is 13.4. The van der Waals surface area contributed by atoms with E-state index in [-0.39, 0.29) is 5.56 Å². The summed E-state index contributed by atoms with van der Waals surface area (Å²) in [5.74, 6) is -4.23. The van der Waals surface area contributed by atoms with E-state index >= 15 is 4.39 Å². The zero-order valence-electron chi connectivity index (χ0n) is 15.8. The Morgan fingerprint density at radius 3 is 2.14 bits per heavy atom. The fraction of sp³-hybridized carbons (Fsp3) is 0.381. The number of alkyl halides is 3. The van der Waals surface area contributed by atoms with Gasteiger partial charge in [-0.2, -0.15) is 13.2 Å². The molecule has 2 aromatic rings. The van der Waals surface area contributed by atoms with Crippen LogP contribution in [0.3, 0.4) is 0 Å². The van der Waals surface area contributed by atoms with Gasteiger partial charge >= 0.3 is 12.1 Å². The summed E-state index contributed by atoms with van der Waals surface area (Å²) in [4.78, 5) is 10.9. The van der Waals surface area contributed by atoms with Crippen molar-refractivity contribution in [3.05, 3.63) is 57.7 Å². The number of carboxylic acid groups (broad SMARTS) is 1. The van der Waals surface area contributed by atoms with E-state index in [0.717, 1.165) is 18.4 Å². The minimum atomic E-state index is -5.10. The van der Waals surface area contributed by atoms with Crippen molar-refractivity contribution in [2.45, 2.75) is 51.2 Å². The van der Waals surface area contributed by atoms with E-state index in [9.17, 15) is 22.4 Å². The lowest BCUT2D eigenvalue weighted by atomic mass is 9.88. The van der Waals surface area contributed by atoms with Crippen LogP contribution in [0.4, 0.5) is 22.0 Å². The number of aryl methyl sites for hydroxylation is 2. The Hall–Kier alpha value is -2.48. The molecule has 1 unspecified atom stereocenters. The molecule has 3 nitrogen and oxygen atoms in total. The Labute approximate surface area is 164 Å². The number of benzene rings is 2. The largest absolute Gasteiger partial charge is 0.481 e. The van der Waals surface area contributed by atoms with Gasteiger partial charge in [0.15, 0.2) is 0 Å². The van der Waals surface area contributed by atoms with E-state index < -0.39 is 52.9 Å². The lowest BCUT2D eigenvalue weighted by molar-refractivity contribution is -0.140. The van der Waals surface area contributed by atoms with E-state index in [1.165, 1.54) is 0 Å². The summed E-state index contributed by atoms with van der Waals surface area (Å²) >= 11 is 0. The van der Waals surface area contributed by atoms with Gasteiger partial charge in [0.25, 0.3) is 0 Å². The van der Waals surface area contributed by atoms with Gasteiger partial charge in [0, 0.05) is 17.2 Å². The molecule has 3 rings (SSSR count). The van der Waals surface area contributed by atoms with Gasteiger partial charge in [-0.15, -0.1) is 0 Å². The predicted octanol–water partition coefficient (Wildman–Crippen LogP) is 5.62. The van der Waals surface area contributed by atoms with E-state index in [0.29, 0.717) is 23.1 Å². The average Bonchev–Trinajstić information content (AvgIpc) is 3.39. The van der Waals surface area contributed by atoms with E-state index in [4.69, 9.17) is 10.8 Å². The number of carboxylic acids is 1. The third kappa shape index (κ3) is 4.12. The van der Waals surface area contributed by atoms with Gasteiger partial charge in [-0.25, -0.2) is 8.78 Å². The molecule has 0 aromatic heterocycles. The van der Waals surface area contributed by atoms with Gasteiger partial charge < -0.3 is 10.8 Å². The topological polar surface area (TPSA) is 63.3 Å². The highest BCUT2D eigenvalue weighted by atomic mass is 19.4. The molecule has 0 aliphatic heterocycles. The van der Waals surface area contributed by atoms with Crippen LogP contribution in [0.5, 0.6) is 0 Å². The van der Waals surface area contributed by atoms with Crippen molar-refractivity contribution in [1.82, 2.24) is 0 Å². The number of hydrogen-bond acceptors (Lipinski definition) is 2. The van der Waals surface area contributed by atoms with Crippen molar-refractivity contribution in [3.63, 3.8) is 0 Å². The SMILES string of the molecule is Cc1cc(C2CC2)cc(C)c1-c1cc(C(F)(F)F)c(F)c(C(N)CC(=O)O)c1F. The molecule has 0 amide bonds. The quantitative estimate of drug-likeness (QED) is 0.626. The van der Waals surface area contributed by atoms with E-state index in [1.54, 1.807) is 26.0 Å². The maximum Gasteiger partial charge on any atom is 0.419 e. The van der Waals surface area contributed by atoms with Crippen LogP contribution in [-0.2, 0) is 11.0 Å². The molecule has 0 saturated heterocycles. The van der Waals surface area contributed by atoms with E-state index in [1.807, 2.05) is 0 Å². The van der Waals surface area contributed by atoms with Gasteiger partial charge in [-0.1, -0.05) is 12.1 Å². The molecule has 1 saturated carbocycles. The lowest BCUT2D eigenvalue weighted by Gasteiger charge is -2.21. The van der Waals surface area contributed by atoms with Crippen LogP contribution in [0.2, 0.25) is 0 Å². The minimum Gasteiger partial charge on any atom is -0.481 e. The number of halogens is 5. The number of hydrogen-bond donors (Lipinski definition) is 2. The summed E-state index contributed by atoms with van der Waals surface area (Å²) in [5.41, 5.74) is 4.77. The average molecular weight is 413 g/mol. The van der Waals surface area contributed by atoms with Crippen molar-refractivity contribution in [1.29, 1.82) is 0 Å². The normalized spacial score (nSPS) is 15.4. The first-order valence-electron chi connectivity index (χ1n) is 9.09. The fourth-order valence-electron chi connectivity index (χ4n) is 3.74. The number of aliphatic carboxylic acids is 1. The predicted molar refractivity (Wildman–Crippen MR) is 97.4 cm³/mol. The minimum absolute atomic E-state index is 0.223. The van der Waals surface area contributed by atoms with Gasteiger partial charge in [0.2, 0.25) is 0 Å². The third-order valence-electron chi connectivity index (χ3n) is 5.18. The second kappa shape index (κ2) is 7.40. The summed E-state index contributed by atoms with van der Waals surface area (Å²) in [6, 6.07) is 2.27. The van der Waals surface area contributed by atoms with Crippen LogP contribution >= 0.6 is 0 Å². The second-order valence-electron chi connectivity index (χ2n) is 7.52. The van der Waals surface area contributed by atoms with Crippen molar-refractivity contribution >= 4 is 5.97 Å². The molecule has 1 aliphatic rings. The standard InChI is InChI=1S/C21H20F5NO2/c1-9-5-12(11-3-4-11)6-10(2)17(9)13-7-14(21(24,25)26)20(23)18(19(13)22)15(27)8-16(28)29/h5-7,11,15H,3-4,8,27H2,1-2H3,(H,28,29). The van der Waals surface area contributed by atoms with Crippen LogP contribution in [0, 0.1) is 25.5 Å². The molecule has 3 N–H and O–H groups in total. The first-order valence-corrected chi connectivity index (χ1v) is 9.09. The zero-order chi connectivity index (χ0) is 21.7. The Morgan fingerprint density at radius 2 is 1.69 bits per heavy atom. The number of carbonyl (C=O) groups is 1. The van der Waals surface area contributed by atoms with Crippen LogP contribution in [-0.4, -0.2) is 11.1 Å². The third-order valence-corrected chi connectivity index (χ3v) is 5.18. The highest BCUT2D eigenvalue weighted by molar-refractivity contribution is 5.74. The molecule has 0 radical (unpaired) electrons. The highest BCUT2D eigenvalue weighted by Gasteiger charge is 2.39. The summed E-state index contributed by atoms with van der Waals surface area (Å²) < 4.78 is 70.1. The van der Waals surface area contributed by atoms with Gasteiger partial charge in [-0.05, 0) is 60.9 Å². The zero-order valence-corrected chi connectivity index (χ0v) is 15.8. The molecule has 1 aliphatic carbocycles. The second-order valence-corrected chi connectivity index (χ2v) is 7.52. The number of nitrogens with two attached hydrogens (primary N) is 1. The molecular formula is C21H20F5NO2. The van der Waals surface area contributed by atoms with Crippen molar-refractivity contribution < 1.29 is 31.9 Å². The smallest absolute Gasteiger partial charge is 0.419 e. The van der Waals surface area contributed by atoms with Crippen LogP contribution < -0.4 is 5.73 Å². The van der Waals surface area contributed by atoms with Gasteiger partial charge in [0.1, 0.15) is 11.6 Å². The maximum atomic E-state index is 15.2. The molecule has 29 heavy (non-hydrogen) atoms. The van der Waals surface area contributed by atoms with Gasteiger partial charge in [-0.3, -0.25) is 4.79 Å². The van der Waals surface area contributed by atoms with Crippen molar-refractivity contribution in [2.24, 2.45) is 5.73 Å². The maximum absolute atomic E-state index is 15.2. The van der Waals surface area contributed by atoms with Crippen molar-refractivity contribution in [3.8, 4) is 11.1 Å². The summed E-state index contributed by atoms with van der Waals surface area (Å²) in [7, 11) is 0. The lowest BCUT2D eigenvalue weighted by Crippen LogP contribution is -2.21. The summed E-state index contributed by atoms with van der Waals surface area (Å²) in [6.07, 6.45) is -3.96.